The molecular formula is C14H19FN4S. The number of hydrogen-bond donors (Lipinski definition) is 2. The van der Waals surface area contributed by atoms with E-state index in [1.54, 1.807) is 13.0 Å². The van der Waals surface area contributed by atoms with Crippen LogP contribution in [0.3, 0.4) is 0 Å². The van der Waals surface area contributed by atoms with Crippen LogP contribution in [0.4, 0.5) is 4.39 Å². The van der Waals surface area contributed by atoms with Crippen LogP contribution in [0, 0.1) is 12.7 Å². The fraction of sp³-hybridized carbons (Fsp3) is 0.429. The van der Waals surface area contributed by atoms with Gasteiger partial charge in [-0.1, -0.05) is 12.1 Å². The van der Waals surface area contributed by atoms with Crippen LogP contribution in [0.5, 0.6) is 0 Å². The predicted molar refractivity (Wildman–Crippen MR) is 79.0 cm³/mol. The first-order valence-corrected chi connectivity index (χ1v) is 7.20. The van der Waals surface area contributed by atoms with Crippen molar-refractivity contribution in [2.24, 2.45) is 11.5 Å². The number of nitrogens with zero attached hydrogens (tertiary/aromatic N) is 2. The Morgan fingerprint density at radius 2 is 2.15 bits per heavy atom. The monoisotopic (exact) mass is 294 g/mol. The smallest absolute Gasteiger partial charge is 0.147 e. The molecule has 0 aliphatic rings. The Bertz CT molecular complexity index is 607. The Kier molecular flexibility index (Phi) is 4.17. The van der Waals surface area contributed by atoms with Gasteiger partial charge in [0.05, 0.1) is 5.54 Å². The highest BCUT2D eigenvalue weighted by Gasteiger charge is 2.30. The van der Waals surface area contributed by atoms with Crippen LogP contribution >= 0.6 is 11.5 Å². The number of aromatic nitrogens is 2. The first-order chi connectivity index (χ1) is 9.30. The van der Waals surface area contributed by atoms with E-state index in [0.29, 0.717) is 17.8 Å². The van der Waals surface area contributed by atoms with E-state index >= 15 is 0 Å². The topological polar surface area (TPSA) is 77.8 Å². The maximum atomic E-state index is 13.2. The minimum atomic E-state index is -0.686. The molecule has 1 heterocycles. The van der Waals surface area contributed by atoms with E-state index in [-0.39, 0.29) is 11.9 Å². The molecule has 2 atom stereocenters. The van der Waals surface area contributed by atoms with Gasteiger partial charge >= 0.3 is 0 Å². The van der Waals surface area contributed by atoms with Crippen molar-refractivity contribution in [3.8, 4) is 0 Å². The summed E-state index contributed by atoms with van der Waals surface area (Å²) in [6, 6.07) is 4.81. The standard InChI is InChI=1S/C14H19FN4S/c1-8-6-10(4-5-11(8)15)7-12-18-13(20-19-12)14(3,17)9(2)16/h4-6,9H,7,16-17H2,1-3H3. The van der Waals surface area contributed by atoms with Crippen molar-refractivity contribution >= 4 is 11.5 Å². The van der Waals surface area contributed by atoms with Gasteiger partial charge in [0.2, 0.25) is 0 Å². The minimum Gasteiger partial charge on any atom is -0.326 e. The van der Waals surface area contributed by atoms with Crippen molar-refractivity contribution in [2.75, 3.05) is 0 Å². The van der Waals surface area contributed by atoms with Crippen molar-refractivity contribution < 1.29 is 4.39 Å². The average Bonchev–Trinajstić information content (AvgIpc) is 2.83. The molecule has 0 aliphatic carbocycles. The summed E-state index contributed by atoms with van der Waals surface area (Å²) >= 11 is 1.27. The Morgan fingerprint density at radius 1 is 1.45 bits per heavy atom. The van der Waals surface area contributed by atoms with E-state index in [1.165, 1.54) is 17.6 Å². The van der Waals surface area contributed by atoms with E-state index in [2.05, 4.69) is 9.36 Å². The van der Waals surface area contributed by atoms with Gasteiger partial charge in [0.1, 0.15) is 16.6 Å². The fourth-order valence-corrected chi connectivity index (χ4v) is 2.56. The quantitative estimate of drug-likeness (QED) is 0.905. The largest absolute Gasteiger partial charge is 0.326 e. The second kappa shape index (κ2) is 5.55. The number of hydrogen-bond acceptors (Lipinski definition) is 5. The summed E-state index contributed by atoms with van der Waals surface area (Å²) in [7, 11) is 0. The summed E-state index contributed by atoms with van der Waals surface area (Å²) in [5, 5.41) is 0.723. The highest BCUT2D eigenvalue weighted by molar-refractivity contribution is 7.05. The van der Waals surface area contributed by atoms with Gasteiger partial charge in [-0.25, -0.2) is 9.37 Å². The molecule has 0 amide bonds. The van der Waals surface area contributed by atoms with Crippen molar-refractivity contribution in [3.05, 3.63) is 46.0 Å². The van der Waals surface area contributed by atoms with Crippen LogP contribution < -0.4 is 11.5 Å². The van der Waals surface area contributed by atoms with Gasteiger partial charge in [-0.3, -0.25) is 0 Å². The maximum absolute atomic E-state index is 13.2. The maximum Gasteiger partial charge on any atom is 0.147 e. The predicted octanol–water partition coefficient (Wildman–Crippen LogP) is 2.10. The molecule has 0 aliphatic heterocycles. The normalized spacial score (nSPS) is 15.9. The lowest BCUT2D eigenvalue weighted by Gasteiger charge is -2.25. The highest BCUT2D eigenvalue weighted by atomic mass is 32.1. The molecule has 0 spiro atoms. The lowest BCUT2D eigenvalue weighted by atomic mass is 9.97. The Labute approximate surface area is 122 Å². The highest BCUT2D eigenvalue weighted by Crippen LogP contribution is 2.23. The van der Waals surface area contributed by atoms with Crippen molar-refractivity contribution in [1.29, 1.82) is 0 Å². The fourth-order valence-electron chi connectivity index (χ4n) is 1.74. The van der Waals surface area contributed by atoms with E-state index in [4.69, 9.17) is 11.5 Å². The summed E-state index contributed by atoms with van der Waals surface area (Å²) in [4.78, 5) is 4.46. The average molecular weight is 294 g/mol. The van der Waals surface area contributed by atoms with Gasteiger partial charge in [0.25, 0.3) is 0 Å². The molecule has 1 aromatic carbocycles. The van der Waals surface area contributed by atoms with Crippen LogP contribution in [-0.4, -0.2) is 15.4 Å². The number of halogens is 1. The summed E-state index contributed by atoms with van der Waals surface area (Å²) < 4.78 is 17.5. The zero-order valence-electron chi connectivity index (χ0n) is 11.9. The van der Waals surface area contributed by atoms with Crippen LogP contribution in [0.15, 0.2) is 18.2 Å². The summed E-state index contributed by atoms with van der Waals surface area (Å²) in [6.07, 6.45) is 0.562. The molecule has 2 unspecified atom stereocenters. The van der Waals surface area contributed by atoms with Crippen LogP contribution in [0.1, 0.15) is 35.8 Å². The lowest BCUT2D eigenvalue weighted by Crippen LogP contribution is -2.48. The van der Waals surface area contributed by atoms with E-state index in [0.717, 1.165) is 10.6 Å². The van der Waals surface area contributed by atoms with Crippen LogP contribution in [0.25, 0.3) is 0 Å². The first kappa shape index (κ1) is 15.0. The molecular weight excluding hydrogens is 275 g/mol. The summed E-state index contributed by atoms with van der Waals surface area (Å²) in [5.74, 6) is 0.487. The van der Waals surface area contributed by atoms with Gasteiger partial charge in [0.15, 0.2) is 0 Å². The van der Waals surface area contributed by atoms with Crippen molar-refractivity contribution in [3.63, 3.8) is 0 Å². The molecule has 4 N–H and O–H groups in total. The van der Waals surface area contributed by atoms with Crippen LogP contribution in [-0.2, 0) is 12.0 Å². The van der Waals surface area contributed by atoms with E-state index in [9.17, 15) is 4.39 Å². The molecule has 0 saturated heterocycles. The summed E-state index contributed by atoms with van der Waals surface area (Å²) in [6.45, 7) is 5.44. The van der Waals surface area contributed by atoms with Gasteiger partial charge < -0.3 is 11.5 Å². The van der Waals surface area contributed by atoms with Crippen molar-refractivity contribution in [1.82, 2.24) is 9.36 Å². The molecule has 6 heteroatoms. The summed E-state index contributed by atoms with van der Waals surface area (Å²) in [5.41, 5.74) is 13.0. The molecule has 2 rings (SSSR count). The zero-order valence-corrected chi connectivity index (χ0v) is 12.7. The molecule has 0 bridgehead atoms. The minimum absolute atomic E-state index is 0.202. The number of nitrogens with two attached hydrogens (primary N) is 2. The first-order valence-electron chi connectivity index (χ1n) is 6.43. The van der Waals surface area contributed by atoms with Crippen molar-refractivity contribution in [2.45, 2.75) is 38.8 Å². The molecule has 0 saturated carbocycles. The molecule has 108 valence electrons. The van der Waals surface area contributed by atoms with Gasteiger partial charge in [-0.05, 0) is 49.5 Å². The third kappa shape index (κ3) is 3.03. The Balaban J connectivity index is 2.19. The third-order valence-corrected chi connectivity index (χ3v) is 4.47. The zero-order chi connectivity index (χ0) is 14.9. The van der Waals surface area contributed by atoms with Crippen LogP contribution in [0.2, 0.25) is 0 Å². The van der Waals surface area contributed by atoms with Gasteiger partial charge in [0, 0.05) is 12.5 Å². The lowest BCUT2D eigenvalue weighted by molar-refractivity contribution is 0.407. The Hall–Kier alpha value is -1.37. The second-order valence-corrected chi connectivity index (χ2v) is 6.10. The Morgan fingerprint density at radius 3 is 2.75 bits per heavy atom. The second-order valence-electron chi connectivity index (χ2n) is 5.35. The number of aryl methyl sites for hydroxylation is 1. The molecule has 2 aromatic rings. The molecule has 0 radical (unpaired) electrons. The SMILES string of the molecule is Cc1cc(Cc2nsc(C(C)(N)C(C)N)n2)ccc1F. The van der Waals surface area contributed by atoms with Gasteiger partial charge in [-0.15, -0.1) is 0 Å². The third-order valence-electron chi connectivity index (χ3n) is 3.46. The van der Waals surface area contributed by atoms with E-state index in [1.807, 2.05) is 19.9 Å². The molecule has 1 aromatic heterocycles. The molecule has 4 nitrogen and oxygen atoms in total. The molecule has 20 heavy (non-hydrogen) atoms. The number of rotatable bonds is 4. The van der Waals surface area contributed by atoms with Gasteiger partial charge in [-0.2, -0.15) is 4.37 Å². The number of benzene rings is 1. The molecule has 0 fully saturated rings. The van der Waals surface area contributed by atoms with E-state index < -0.39 is 5.54 Å².